The van der Waals surface area contributed by atoms with E-state index < -0.39 is 6.10 Å². The first-order chi connectivity index (χ1) is 8.40. The van der Waals surface area contributed by atoms with Gasteiger partial charge >= 0.3 is 0 Å². The van der Waals surface area contributed by atoms with Crippen LogP contribution in [0.25, 0.3) is 0 Å². The Bertz CT molecular complexity index is 390. The van der Waals surface area contributed by atoms with Crippen molar-refractivity contribution in [3.63, 3.8) is 0 Å². The molecule has 1 aromatic heterocycles. The minimum Gasteiger partial charge on any atom is -0.392 e. The molecule has 1 aromatic rings. The third kappa shape index (κ3) is 4.96. The fourth-order valence-corrected chi connectivity index (χ4v) is 2.82. The Labute approximate surface area is 117 Å². The smallest absolute Gasteiger partial charge is 0.223 e. The summed E-state index contributed by atoms with van der Waals surface area (Å²) in [6.45, 7) is 6.01. The van der Waals surface area contributed by atoms with Crippen LogP contribution in [0.2, 0.25) is 5.02 Å². The average Bonchev–Trinajstić information content (AvgIpc) is 2.68. The van der Waals surface area contributed by atoms with Gasteiger partial charge in [-0.15, -0.1) is 11.3 Å². The molecule has 1 heterocycles. The number of rotatable bonds is 6. The number of nitrogens with zero attached hydrogens (tertiary/aromatic N) is 1. The van der Waals surface area contributed by atoms with Gasteiger partial charge in [0, 0.05) is 29.3 Å². The van der Waals surface area contributed by atoms with Crippen LogP contribution in [0.4, 0.5) is 0 Å². The van der Waals surface area contributed by atoms with E-state index in [1.807, 2.05) is 25.3 Å². The Morgan fingerprint density at radius 1 is 1.50 bits per heavy atom. The lowest BCUT2D eigenvalue weighted by Gasteiger charge is -2.28. The van der Waals surface area contributed by atoms with Gasteiger partial charge in [-0.3, -0.25) is 4.79 Å². The quantitative estimate of drug-likeness (QED) is 0.875. The van der Waals surface area contributed by atoms with Crippen molar-refractivity contribution in [1.29, 1.82) is 0 Å². The summed E-state index contributed by atoms with van der Waals surface area (Å²) in [6.07, 6.45) is 0.675. The second kappa shape index (κ2) is 7.12. The lowest BCUT2D eigenvalue weighted by atomic mass is 10.2. The second-order valence-electron chi connectivity index (χ2n) is 4.72. The molecule has 0 aromatic carbocycles. The van der Waals surface area contributed by atoms with Crippen molar-refractivity contribution in [3.8, 4) is 0 Å². The molecule has 0 spiro atoms. The summed E-state index contributed by atoms with van der Waals surface area (Å²) in [5.41, 5.74) is 0. The lowest BCUT2D eigenvalue weighted by Crippen LogP contribution is -2.41. The van der Waals surface area contributed by atoms with E-state index in [9.17, 15) is 9.90 Å². The summed E-state index contributed by atoms with van der Waals surface area (Å²) in [5.74, 6) is 0.0791. The molecule has 3 nitrogen and oxygen atoms in total. The fourth-order valence-electron chi connectivity index (χ4n) is 1.74. The van der Waals surface area contributed by atoms with Gasteiger partial charge in [-0.25, -0.2) is 0 Å². The van der Waals surface area contributed by atoms with Crippen LogP contribution >= 0.6 is 22.9 Å². The topological polar surface area (TPSA) is 40.5 Å². The zero-order chi connectivity index (χ0) is 13.7. The molecule has 18 heavy (non-hydrogen) atoms. The van der Waals surface area contributed by atoms with Crippen LogP contribution in [-0.2, 0) is 11.2 Å². The molecule has 1 unspecified atom stereocenters. The van der Waals surface area contributed by atoms with E-state index in [1.165, 1.54) is 0 Å². The predicted molar refractivity (Wildman–Crippen MR) is 76.2 cm³/mol. The van der Waals surface area contributed by atoms with Gasteiger partial charge in [0.15, 0.2) is 0 Å². The minimum atomic E-state index is -0.493. The van der Waals surface area contributed by atoms with Gasteiger partial charge in [-0.1, -0.05) is 11.6 Å². The van der Waals surface area contributed by atoms with Crippen LogP contribution in [0.1, 0.15) is 32.1 Å². The van der Waals surface area contributed by atoms with Gasteiger partial charge in [0.25, 0.3) is 0 Å². The molecule has 0 radical (unpaired) electrons. The van der Waals surface area contributed by atoms with Gasteiger partial charge in [0.1, 0.15) is 0 Å². The van der Waals surface area contributed by atoms with E-state index in [4.69, 9.17) is 11.6 Å². The number of hydrogen-bond acceptors (Lipinski definition) is 3. The van der Waals surface area contributed by atoms with E-state index >= 15 is 0 Å². The molecule has 0 fully saturated rings. The average molecular weight is 290 g/mol. The lowest BCUT2D eigenvalue weighted by molar-refractivity contribution is -0.134. The zero-order valence-electron chi connectivity index (χ0n) is 11.0. The van der Waals surface area contributed by atoms with Crippen molar-refractivity contribution in [3.05, 3.63) is 21.3 Å². The Hall–Kier alpha value is -0.580. The number of carbonyl (C=O) groups is 1. The molecule has 1 N–H and O–H groups in total. The van der Waals surface area contributed by atoms with Crippen LogP contribution < -0.4 is 0 Å². The van der Waals surface area contributed by atoms with Crippen molar-refractivity contribution in [1.82, 2.24) is 4.90 Å². The highest BCUT2D eigenvalue weighted by Crippen LogP contribution is 2.20. The Kier molecular flexibility index (Phi) is 6.12. The van der Waals surface area contributed by atoms with Crippen molar-refractivity contribution < 1.29 is 9.90 Å². The Balaban J connectivity index is 2.51. The van der Waals surface area contributed by atoms with E-state index in [2.05, 4.69) is 0 Å². The molecular formula is C13H20ClNO2S. The monoisotopic (exact) mass is 289 g/mol. The maximum atomic E-state index is 12.1. The Morgan fingerprint density at radius 2 is 2.17 bits per heavy atom. The minimum absolute atomic E-state index is 0.0791. The SMILES string of the molecule is CC(O)CN(C(=O)CCc1cc(Cl)cs1)C(C)C. The van der Waals surface area contributed by atoms with Crippen LogP contribution in [0.5, 0.6) is 0 Å². The molecule has 1 amide bonds. The second-order valence-corrected chi connectivity index (χ2v) is 6.15. The number of aliphatic hydroxyl groups excluding tert-OH is 1. The summed E-state index contributed by atoms with van der Waals surface area (Å²) >= 11 is 7.41. The molecule has 0 saturated carbocycles. The summed E-state index contributed by atoms with van der Waals surface area (Å²) < 4.78 is 0. The van der Waals surface area contributed by atoms with Gasteiger partial charge in [-0.05, 0) is 33.3 Å². The number of hydrogen-bond donors (Lipinski definition) is 1. The molecule has 0 saturated heterocycles. The summed E-state index contributed by atoms with van der Waals surface area (Å²) in [4.78, 5) is 14.9. The number of amides is 1. The highest BCUT2D eigenvalue weighted by Gasteiger charge is 2.18. The summed E-state index contributed by atoms with van der Waals surface area (Å²) in [7, 11) is 0. The van der Waals surface area contributed by atoms with Crippen LogP contribution in [0.3, 0.4) is 0 Å². The van der Waals surface area contributed by atoms with Crippen molar-refractivity contribution in [2.24, 2.45) is 0 Å². The van der Waals surface area contributed by atoms with Gasteiger partial charge in [0.05, 0.1) is 11.1 Å². The largest absolute Gasteiger partial charge is 0.392 e. The van der Waals surface area contributed by atoms with E-state index in [-0.39, 0.29) is 11.9 Å². The highest BCUT2D eigenvalue weighted by atomic mass is 35.5. The number of aryl methyl sites for hydroxylation is 1. The highest BCUT2D eigenvalue weighted by molar-refractivity contribution is 7.10. The van der Waals surface area contributed by atoms with Gasteiger partial charge in [-0.2, -0.15) is 0 Å². The normalized spacial score (nSPS) is 12.8. The molecule has 102 valence electrons. The van der Waals surface area contributed by atoms with E-state index in [0.29, 0.717) is 19.4 Å². The molecule has 0 bridgehead atoms. The summed E-state index contributed by atoms with van der Waals surface area (Å²) in [6, 6.07) is 2.01. The van der Waals surface area contributed by atoms with Crippen LogP contribution in [-0.4, -0.2) is 34.6 Å². The first-order valence-corrected chi connectivity index (χ1v) is 7.36. The van der Waals surface area contributed by atoms with Crippen molar-refractivity contribution >= 4 is 28.8 Å². The molecule has 5 heteroatoms. The molecule has 1 atom stereocenters. The molecule has 0 aliphatic rings. The van der Waals surface area contributed by atoms with Crippen LogP contribution in [0.15, 0.2) is 11.4 Å². The molecule has 0 aliphatic heterocycles. The third-order valence-electron chi connectivity index (χ3n) is 2.61. The summed E-state index contributed by atoms with van der Waals surface area (Å²) in [5, 5.41) is 12.0. The number of halogens is 1. The maximum Gasteiger partial charge on any atom is 0.223 e. The van der Waals surface area contributed by atoms with E-state index in [1.54, 1.807) is 23.2 Å². The van der Waals surface area contributed by atoms with Gasteiger partial charge < -0.3 is 10.0 Å². The third-order valence-corrected chi connectivity index (χ3v) is 3.96. The molecule has 1 rings (SSSR count). The van der Waals surface area contributed by atoms with Crippen molar-refractivity contribution in [2.75, 3.05) is 6.54 Å². The number of thiophene rings is 1. The standard InChI is InChI=1S/C13H20ClNO2S/c1-9(2)15(7-10(3)16)13(17)5-4-12-6-11(14)8-18-12/h6,8-10,16H,4-5,7H2,1-3H3. The number of aliphatic hydroxyl groups is 1. The number of carbonyl (C=O) groups excluding carboxylic acids is 1. The zero-order valence-corrected chi connectivity index (χ0v) is 12.6. The first kappa shape index (κ1) is 15.5. The first-order valence-electron chi connectivity index (χ1n) is 6.10. The maximum absolute atomic E-state index is 12.1. The Morgan fingerprint density at radius 3 is 2.61 bits per heavy atom. The predicted octanol–water partition coefficient (Wildman–Crippen LogP) is 2.95. The molecular weight excluding hydrogens is 270 g/mol. The fraction of sp³-hybridized carbons (Fsp3) is 0.615. The van der Waals surface area contributed by atoms with Crippen LogP contribution in [0, 0.1) is 0 Å². The molecule has 0 aliphatic carbocycles. The van der Waals surface area contributed by atoms with E-state index in [0.717, 1.165) is 9.90 Å². The van der Waals surface area contributed by atoms with Crippen molar-refractivity contribution in [2.45, 2.75) is 45.8 Å². The van der Waals surface area contributed by atoms with Gasteiger partial charge in [0.2, 0.25) is 5.91 Å².